The molecule has 98 valence electrons. The molecule has 0 bridgehead atoms. The van der Waals surface area contributed by atoms with E-state index in [1.54, 1.807) is 0 Å². The Kier molecular flexibility index (Phi) is 2.86. The largest absolute Gasteiger partial charge is 0.487 e. The highest BCUT2D eigenvalue weighted by atomic mass is 16.5. The van der Waals surface area contributed by atoms with Gasteiger partial charge in [-0.3, -0.25) is 0 Å². The first kappa shape index (κ1) is 12.0. The van der Waals surface area contributed by atoms with E-state index in [-0.39, 0.29) is 11.6 Å². The minimum absolute atomic E-state index is 0.0136. The van der Waals surface area contributed by atoms with Gasteiger partial charge in [-0.1, -0.05) is 32.0 Å². The summed E-state index contributed by atoms with van der Waals surface area (Å²) in [5.41, 5.74) is 7.53. The van der Waals surface area contributed by atoms with Crippen molar-refractivity contribution in [3.63, 3.8) is 0 Å². The minimum atomic E-state index is -0.0136. The van der Waals surface area contributed by atoms with Crippen LogP contribution >= 0.6 is 0 Å². The van der Waals surface area contributed by atoms with Crippen LogP contribution in [0.5, 0.6) is 5.75 Å². The molecule has 3 rings (SSSR count). The van der Waals surface area contributed by atoms with Gasteiger partial charge in [-0.2, -0.15) is 0 Å². The second kappa shape index (κ2) is 4.27. The summed E-state index contributed by atoms with van der Waals surface area (Å²) in [7, 11) is 0. The van der Waals surface area contributed by atoms with E-state index >= 15 is 0 Å². The first-order valence-electron chi connectivity index (χ1n) is 7.14. The molecular formula is C16H23NO. The van der Waals surface area contributed by atoms with Gasteiger partial charge in [0.1, 0.15) is 11.4 Å². The first-order chi connectivity index (χ1) is 8.61. The molecule has 0 radical (unpaired) electrons. The number of hydrogen-bond donors (Lipinski definition) is 1. The third kappa shape index (κ3) is 1.83. The van der Waals surface area contributed by atoms with E-state index in [2.05, 4.69) is 26.0 Å². The van der Waals surface area contributed by atoms with Crippen molar-refractivity contribution < 1.29 is 4.74 Å². The van der Waals surface area contributed by atoms with Gasteiger partial charge >= 0.3 is 0 Å². The lowest BCUT2D eigenvalue weighted by Crippen LogP contribution is -2.50. The maximum absolute atomic E-state index is 6.41. The van der Waals surface area contributed by atoms with Gasteiger partial charge in [0, 0.05) is 18.0 Å². The average molecular weight is 245 g/mol. The van der Waals surface area contributed by atoms with Crippen molar-refractivity contribution in [2.24, 2.45) is 17.6 Å². The van der Waals surface area contributed by atoms with Crippen LogP contribution < -0.4 is 10.5 Å². The van der Waals surface area contributed by atoms with E-state index in [1.165, 1.54) is 18.4 Å². The average Bonchev–Trinajstić information content (AvgIpc) is 2.35. The molecule has 0 aromatic heterocycles. The van der Waals surface area contributed by atoms with E-state index in [9.17, 15) is 0 Å². The molecule has 4 atom stereocenters. The quantitative estimate of drug-likeness (QED) is 0.757. The lowest BCUT2D eigenvalue weighted by molar-refractivity contribution is -0.0519. The van der Waals surface area contributed by atoms with E-state index in [0.717, 1.165) is 24.5 Å². The third-order valence-corrected chi connectivity index (χ3v) is 4.91. The predicted octanol–water partition coefficient (Wildman–Crippen LogP) is 3.66. The molecule has 1 aliphatic carbocycles. The number of para-hydroxylation sites is 1. The minimum Gasteiger partial charge on any atom is -0.487 e. The number of nitrogens with two attached hydrogens (primary N) is 1. The molecule has 1 aliphatic heterocycles. The van der Waals surface area contributed by atoms with Crippen molar-refractivity contribution in [1.82, 2.24) is 0 Å². The van der Waals surface area contributed by atoms with Crippen LogP contribution in [0.25, 0.3) is 0 Å². The Labute approximate surface area is 110 Å². The lowest BCUT2D eigenvalue weighted by atomic mass is 9.68. The van der Waals surface area contributed by atoms with Crippen LogP contribution in [0.15, 0.2) is 24.3 Å². The molecule has 1 aromatic rings. The van der Waals surface area contributed by atoms with Gasteiger partial charge in [0.2, 0.25) is 0 Å². The van der Waals surface area contributed by atoms with Gasteiger partial charge < -0.3 is 10.5 Å². The molecule has 2 N–H and O–H groups in total. The van der Waals surface area contributed by atoms with Gasteiger partial charge in [0.05, 0.1) is 0 Å². The Bertz CT molecular complexity index is 444. The van der Waals surface area contributed by atoms with Gasteiger partial charge in [0.15, 0.2) is 0 Å². The van der Waals surface area contributed by atoms with E-state index < -0.39 is 0 Å². The molecule has 1 aromatic carbocycles. The zero-order valence-corrected chi connectivity index (χ0v) is 11.4. The maximum Gasteiger partial charge on any atom is 0.124 e. The zero-order valence-electron chi connectivity index (χ0n) is 11.4. The van der Waals surface area contributed by atoms with Crippen LogP contribution in [0, 0.1) is 11.8 Å². The number of hydrogen-bond acceptors (Lipinski definition) is 2. The normalized spacial score (nSPS) is 39.2. The Morgan fingerprint density at radius 3 is 2.83 bits per heavy atom. The molecule has 0 amide bonds. The summed E-state index contributed by atoms with van der Waals surface area (Å²) in [6.45, 7) is 4.68. The summed E-state index contributed by atoms with van der Waals surface area (Å²) in [6.07, 6.45) is 4.64. The van der Waals surface area contributed by atoms with E-state index in [4.69, 9.17) is 10.5 Å². The van der Waals surface area contributed by atoms with Crippen molar-refractivity contribution in [3.8, 4) is 5.75 Å². The Morgan fingerprint density at radius 2 is 2.06 bits per heavy atom. The molecule has 1 spiro atoms. The van der Waals surface area contributed by atoms with Crippen LogP contribution in [0.2, 0.25) is 0 Å². The van der Waals surface area contributed by atoms with Crippen molar-refractivity contribution in [2.45, 2.75) is 51.2 Å². The predicted molar refractivity (Wildman–Crippen MR) is 73.5 cm³/mol. The van der Waals surface area contributed by atoms with Gasteiger partial charge in [-0.15, -0.1) is 0 Å². The van der Waals surface area contributed by atoms with E-state index in [0.29, 0.717) is 5.92 Å². The van der Waals surface area contributed by atoms with Crippen LogP contribution in [0.1, 0.15) is 51.1 Å². The standard InChI is InChI=1S/C16H23NO/c1-11-7-8-16(12(2)9-11)10-14(17)13-5-3-4-6-15(13)18-16/h3-6,11-12,14H,7-10,17H2,1-2H3. The SMILES string of the molecule is CC1CCC2(CC(N)c3ccccc3O2)C(C)C1. The fraction of sp³-hybridized carbons (Fsp3) is 0.625. The zero-order chi connectivity index (χ0) is 12.8. The second-order valence-electron chi connectivity index (χ2n) is 6.30. The highest BCUT2D eigenvalue weighted by molar-refractivity contribution is 5.39. The fourth-order valence-corrected chi connectivity index (χ4v) is 3.75. The highest BCUT2D eigenvalue weighted by Crippen LogP contribution is 2.48. The molecule has 1 heterocycles. The van der Waals surface area contributed by atoms with Crippen molar-refractivity contribution >= 4 is 0 Å². The molecule has 1 saturated carbocycles. The van der Waals surface area contributed by atoms with Crippen LogP contribution in [0.3, 0.4) is 0 Å². The highest BCUT2D eigenvalue weighted by Gasteiger charge is 2.46. The van der Waals surface area contributed by atoms with Crippen LogP contribution in [-0.4, -0.2) is 5.60 Å². The van der Waals surface area contributed by atoms with Crippen molar-refractivity contribution in [3.05, 3.63) is 29.8 Å². The second-order valence-corrected chi connectivity index (χ2v) is 6.30. The van der Waals surface area contributed by atoms with Crippen LogP contribution in [0.4, 0.5) is 0 Å². The number of ether oxygens (including phenoxy) is 1. The molecule has 0 saturated heterocycles. The van der Waals surface area contributed by atoms with Crippen LogP contribution in [-0.2, 0) is 0 Å². The van der Waals surface area contributed by atoms with Gasteiger partial charge in [-0.25, -0.2) is 0 Å². The number of fused-ring (bicyclic) bond motifs is 1. The molecule has 4 unspecified atom stereocenters. The van der Waals surface area contributed by atoms with Crippen molar-refractivity contribution in [2.75, 3.05) is 0 Å². The van der Waals surface area contributed by atoms with Gasteiger partial charge in [0.25, 0.3) is 0 Å². The lowest BCUT2D eigenvalue weighted by Gasteiger charge is -2.49. The topological polar surface area (TPSA) is 35.2 Å². The number of benzene rings is 1. The summed E-state index contributed by atoms with van der Waals surface area (Å²) in [6, 6.07) is 8.39. The third-order valence-electron chi connectivity index (χ3n) is 4.91. The molecular weight excluding hydrogens is 222 g/mol. The Balaban J connectivity index is 1.93. The summed E-state index contributed by atoms with van der Waals surface area (Å²) in [5, 5.41) is 0. The molecule has 18 heavy (non-hydrogen) atoms. The number of rotatable bonds is 0. The van der Waals surface area contributed by atoms with E-state index in [1.807, 2.05) is 12.1 Å². The van der Waals surface area contributed by atoms with Crippen molar-refractivity contribution in [1.29, 1.82) is 0 Å². The monoisotopic (exact) mass is 245 g/mol. The summed E-state index contributed by atoms with van der Waals surface area (Å²) in [4.78, 5) is 0. The molecule has 1 fully saturated rings. The summed E-state index contributed by atoms with van der Waals surface area (Å²) >= 11 is 0. The van der Waals surface area contributed by atoms with Gasteiger partial charge in [-0.05, 0) is 37.2 Å². The Hall–Kier alpha value is -1.02. The summed E-state index contributed by atoms with van der Waals surface area (Å²) in [5.74, 6) is 2.43. The molecule has 2 heteroatoms. The smallest absolute Gasteiger partial charge is 0.124 e. The maximum atomic E-state index is 6.41. The fourth-order valence-electron chi connectivity index (χ4n) is 3.75. The Morgan fingerprint density at radius 1 is 1.28 bits per heavy atom. The first-order valence-corrected chi connectivity index (χ1v) is 7.14. The molecule has 2 nitrogen and oxygen atoms in total. The molecule has 2 aliphatic rings. The summed E-state index contributed by atoms with van der Waals surface area (Å²) < 4.78 is 6.41.